The summed E-state index contributed by atoms with van der Waals surface area (Å²) in [6.45, 7) is 19.0. The predicted molar refractivity (Wildman–Crippen MR) is 80.2 cm³/mol. The molecule has 0 bridgehead atoms. The van der Waals surface area contributed by atoms with Crippen molar-refractivity contribution in [2.24, 2.45) is 0 Å². The lowest BCUT2D eigenvalue weighted by atomic mass is 9.82. The van der Waals surface area contributed by atoms with E-state index in [0.29, 0.717) is 0 Å². The van der Waals surface area contributed by atoms with Gasteiger partial charge in [0.15, 0.2) is 0 Å². The fraction of sp³-hybridized carbons (Fsp3) is 0.529. The Morgan fingerprint density at radius 1 is 1.06 bits per heavy atom. The van der Waals surface area contributed by atoms with E-state index in [1.165, 1.54) is 11.1 Å². The van der Waals surface area contributed by atoms with E-state index >= 15 is 0 Å². The van der Waals surface area contributed by atoms with Gasteiger partial charge in [-0.1, -0.05) is 39.0 Å². The molecule has 0 saturated heterocycles. The molecular weight excluding hydrogens is 220 g/mol. The van der Waals surface area contributed by atoms with E-state index in [2.05, 4.69) is 67.2 Å². The first-order valence-corrected chi connectivity index (χ1v) is 6.50. The summed E-state index contributed by atoms with van der Waals surface area (Å²) in [5.74, 6) is 0.928. The van der Waals surface area contributed by atoms with Crippen LogP contribution in [0.3, 0.4) is 0 Å². The van der Waals surface area contributed by atoms with Crippen molar-refractivity contribution in [1.29, 1.82) is 0 Å². The van der Waals surface area contributed by atoms with Crippen molar-refractivity contribution in [2.45, 2.75) is 59.5 Å². The minimum Gasteiger partial charge on any atom is -0.488 e. The van der Waals surface area contributed by atoms with Gasteiger partial charge in [0.2, 0.25) is 0 Å². The Kier molecular flexibility index (Phi) is 3.95. The molecule has 1 aromatic rings. The van der Waals surface area contributed by atoms with Crippen molar-refractivity contribution in [3.8, 4) is 5.75 Å². The molecule has 0 N–H and O–H groups in total. The minimum atomic E-state index is -0.167. The van der Waals surface area contributed by atoms with E-state index in [1.807, 2.05) is 6.07 Å². The normalized spacial score (nSPS) is 12.4. The summed E-state index contributed by atoms with van der Waals surface area (Å²) in [5.41, 5.74) is 3.54. The summed E-state index contributed by atoms with van der Waals surface area (Å²) >= 11 is 0. The first-order valence-electron chi connectivity index (χ1n) is 6.50. The van der Waals surface area contributed by atoms with Gasteiger partial charge in [0.25, 0.3) is 0 Å². The van der Waals surface area contributed by atoms with Crippen LogP contribution in [0.4, 0.5) is 0 Å². The average Bonchev–Trinajstić information content (AvgIpc) is 2.13. The lowest BCUT2D eigenvalue weighted by Crippen LogP contribution is -2.23. The summed E-state index contributed by atoms with van der Waals surface area (Å²) < 4.78 is 5.94. The molecule has 100 valence electrons. The molecule has 1 nitrogen and oxygen atoms in total. The van der Waals surface area contributed by atoms with Gasteiger partial charge in [-0.05, 0) is 56.4 Å². The third kappa shape index (κ3) is 3.90. The van der Waals surface area contributed by atoms with Crippen molar-refractivity contribution in [3.05, 3.63) is 35.9 Å². The summed E-state index contributed by atoms with van der Waals surface area (Å²) in [4.78, 5) is 0. The maximum atomic E-state index is 5.94. The molecule has 1 aromatic carbocycles. The van der Waals surface area contributed by atoms with Crippen molar-refractivity contribution >= 4 is 5.57 Å². The number of allylic oxidation sites excluding steroid dienone is 1. The van der Waals surface area contributed by atoms with Crippen LogP contribution in [0.1, 0.15) is 59.6 Å². The molecule has 0 heterocycles. The first-order chi connectivity index (χ1) is 8.00. The summed E-state index contributed by atoms with van der Waals surface area (Å²) in [5, 5.41) is 0. The highest BCUT2D eigenvalue weighted by molar-refractivity contribution is 5.66. The van der Waals surface area contributed by atoms with Crippen LogP contribution in [0.15, 0.2) is 24.8 Å². The van der Waals surface area contributed by atoms with Gasteiger partial charge in [-0.25, -0.2) is 0 Å². The molecule has 0 aliphatic heterocycles. The van der Waals surface area contributed by atoms with Gasteiger partial charge in [0.1, 0.15) is 11.4 Å². The highest BCUT2D eigenvalue weighted by atomic mass is 16.5. The second-order valence-corrected chi connectivity index (χ2v) is 6.95. The third-order valence-electron chi connectivity index (χ3n) is 2.68. The van der Waals surface area contributed by atoms with Crippen LogP contribution in [0, 0.1) is 0 Å². The molecule has 0 fully saturated rings. The van der Waals surface area contributed by atoms with Crippen LogP contribution >= 0.6 is 0 Å². The van der Waals surface area contributed by atoms with Gasteiger partial charge < -0.3 is 4.74 Å². The first kappa shape index (κ1) is 14.8. The lowest BCUT2D eigenvalue weighted by molar-refractivity contribution is 0.130. The molecular formula is C17H26O. The topological polar surface area (TPSA) is 9.23 Å². The van der Waals surface area contributed by atoms with Gasteiger partial charge in [-0.2, -0.15) is 0 Å². The predicted octanol–water partition coefficient (Wildman–Crippen LogP) is 5.19. The fourth-order valence-electron chi connectivity index (χ4n) is 1.93. The van der Waals surface area contributed by atoms with Crippen molar-refractivity contribution in [2.75, 3.05) is 0 Å². The Balaban J connectivity index is 3.27. The highest BCUT2D eigenvalue weighted by Gasteiger charge is 2.20. The quantitative estimate of drug-likeness (QED) is 0.697. The Bertz CT molecular complexity index is 442. The molecule has 0 amide bonds. The number of rotatable bonds is 2. The molecule has 0 aromatic heterocycles. The van der Waals surface area contributed by atoms with Crippen LogP contribution in [-0.2, 0) is 5.41 Å². The second kappa shape index (κ2) is 4.79. The Morgan fingerprint density at radius 2 is 1.61 bits per heavy atom. The summed E-state index contributed by atoms with van der Waals surface area (Å²) in [6, 6.07) is 6.30. The molecule has 1 rings (SSSR count). The summed E-state index contributed by atoms with van der Waals surface area (Å²) in [7, 11) is 0. The maximum Gasteiger partial charge on any atom is 0.120 e. The standard InChI is InChI=1S/C17H26O/c1-12(2)14-10-9-13(18-17(6,7)8)11-15(14)16(3,4)5/h9-11H,1H2,2-8H3. The maximum absolute atomic E-state index is 5.94. The molecule has 0 unspecified atom stereocenters. The highest BCUT2D eigenvalue weighted by Crippen LogP contribution is 2.33. The zero-order valence-corrected chi connectivity index (χ0v) is 12.8. The molecule has 0 radical (unpaired) electrons. The number of ether oxygens (including phenoxy) is 1. The number of hydrogen-bond donors (Lipinski definition) is 0. The van der Waals surface area contributed by atoms with Gasteiger partial charge in [0.05, 0.1) is 0 Å². The van der Waals surface area contributed by atoms with Crippen LogP contribution < -0.4 is 4.74 Å². The van der Waals surface area contributed by atoms with Gasteiger partial charge >= 0.3 is 0 Å². The Morgan fingerprint density at radius 3 is 2.00 bits per heavy atom. The van der Waals surface area contributed by atoms with E-state index < -0.39 is 0 Å². The van der Waals surface area contributed by atoms with Gasteiger partial charge in [0, 0.05) is 0 Å². The lowest BCUT2D eigenvalue weighted by Gasteiger charge is -2.27. The van der Waals surface area contributed by atoms with Crippen LogP contribution in [0.2, 0.25) is 0 Å². The Hall–Kier alpha value is -1.24. The largest absolute Gasteiger partial charge is 0.488 e. The Labute approximate surface area is 112 Å². The van der Waals surface area contributed by atoms with E-state index in [1.54, 1.807) is 0 Å². The van der Waals surface area contributed by atoms with Crippen molar-refractivity contribution < 1.29 is 4.74 Å². The van der Waals surface area contributed by atoms with E-state index in [9.17, 15) is 0 Å². The zero-order chi connectivity index (χ0) is 14.1. The van der Waals surface area contributed by atoms with Crippen molar-refractivity contribution in [1.82, 2.24) is 0 Å². The zero-order valence-electron chi connectivity index (χ0n) is 12.8. The smallest absolute Gasteiger partial charge is 0.120 e. The fourth-order valence-corrected chi connectivity index (χ4v) is 1.93. The van der Waals surface area contributed by atoms with Crippen molar-refractivity contribution in [3.63, 3.8) is 0 Å². The third-order valence-corrected chi connectivity index (χ3v) is 2.68. The molecule has 0 spiro atoms. The summed E-state index contributed by atoms with van der Waals surface area (Å²) in [6.07, 6.45) is 0. The molecule has 0 aliphatic carbocycles. The average molecular weight is 246 g/mol. The molecule has 1 heteroatoms. The van der Waals surface area contributed by atoms with Crippen LogP contribution in [0.5, 0.6) is 5.75 Å². The minimum absolute atomic E-state index is 0.0888. The number of hydrogen-bond acceptors (Lipinski definition) is 1. The molecule has 18 heavy (non-hydrogen) atoms. The molecule has 0 saturated carbocycles. The van der Waals surface area contributed by atoms with Gasteiger partial charge in [-0.15, -0.1) is 0 Å². The van der Waals surface area contributed by atoms with E-state index in [0.717, 1.165) is 11.3 Å². The monoisotopic (exact) mass is 246 g/mol. The SMILES string of the molecule is C=C(C)c1ccc(OC(C)(C)C)cc1C(C)(C)C. The molecule has 0 atom stereocenters. The van der Waals surface area contributed by atoms with Gasteiger partial charge in [-0.3, -0.25) is 0 Å². The van der Waals surface area contributed by atoms with Crippen LogP contribution in [-0.4, -0.2) is 5.60 Å². The number of benzene rings is 1. The van der Waals surface area contributed by atoms with E-state index in [4.69, 9.17) is 4.74 Å². The second-order valence-electron chi connectivity index (χ2n) is 6.95. The van der Waals surface area contributed by atoms with E-state index in [-0.39, 0.29) is 11.0 Å². The van der Waals surface area contributed by atoms with Crippen LogP contribution in [0.25, 0.3) is 5.57 Å². The molecule has 0 aliphatic rings.